The number of hydrogen-bond acceptors (Lipinski definition) is 1. The standard InChI is InChI=1S/C8H12OS/c1-7-3-5-8(6-4-7)10(2)9/h3-5,8H,6H2,1-2H3. The fourth-order valence-electron chi connectivity index (χ4n) is 0.954. The molecule has 0 aromatic rings. The van der Waals surface area contributed by atoms with Gasteiger partial charge in [-0.05, 0) is 24.2 Å². The lowest BCUT2D eigenvalue weighted by molar-refractivity contribution is 0.593. The minimum absolute atomic E-state index is 0.253. The average molecular weight is 156 g/mol. The van der Waals surface area contributed by atoms with E-state index < -0.39 is 11.2 Å². The normalized spacial score (nSPS) is 27.9. The van der Waals surface area contributed by atoms with Gasteiger partial charge in [-0.15, -0.1) is 0 Å². The van der Waals surface area contributed by atoms with Gasteiger partial charge < -0.3 is 4.55 Å². The molecule has 0 saturated heterocycles. The van der Waals surface area contributed by atoms with Gasteiger partial charge in [-0.2, -0.15) is 0 Å². The van der Waals surface area contributed by atoms with Crippen LogP contribution in [0, 0.1) is 0 Å². The van der Waals surface area contributed by atoms with Crippen LogP contribution in [0.25, 0.3) is 0 Å². The Labute approximate surface area is 65.0 Å². The van der Waals surface area contributed by atoms with Crippen LogP contribution in [0.1, 0.15) is 13.3 Å². The smallest absolute Gasteiger partial charge is 0.137 e. The number of hydrogen-bond donors (Lipinski definition) is 0. The van der Waals surface area contributed by atoms with Crippen molar-refractivity contribution in [3.63, 3.8) is 0 Å². The predicted molar refractivity (Wildman–Crippen MR) is 45.4 cm³/mol. The third-order valence-electron chi connectivity index (χ3n) is 1.67. The minimum atomic E-state index is -0.698. The largest absolute Gasteiger partial charge is 0.616 e. The number of allylic oxidation sites excluding steroid dienone is 3. The van der Waals surface area contributed by atoms with E-state index in [0.717, 1.165) is 6.42 Å². The summed E-state index contributed by atoms with van der Waals surface area (Å²) in [6.45, 7) is 2.06. The molecule has 0 aromatic heterocycles. The van der Waals surface area contributed by atoms with Crippen molar-refractivity contribution in [3.8, 4) is 0 Å². The Morgan fingerprint density at radius 2 is 2.40 bits per heavy atom. The van der Waals surface area contributed by atoms with E-state index in [1.807, 2.05) is 12.2 Å². The van der Waals surface area contributed by atoms with Crippen molar-refractivity contribution in [2.24, 2.45) is 0 Å². The average Bonchev–Trinajstić information content (AvgIpc) is 1.88. The maximum atomic E-state index is 10.9. The van der Waals surface area contributed by atoms with E-state index in [2.05, 4.69) is 13.0 Å². The molecule has 0 radical (unpaired) electrons. The van der Waals surface area contributed by atoms with E-state index in [1.54, 1.807) is 6.26 Å². The highest BCUT2D eigenvalue weighted by Gasteiger charge is 2.14. The van der Waals surface area contributed by atoms with Crippen LogP contribution < -0.4 is 0 Å². The highest BCUT2D eigenvalue weighted by molar-refractivity contribution is 7.91. The Bertz CT molecular complexity index is 170. The van der Waals surface area contributed by atoms with Crippen molar-refractivity contribution in [1.29, 1.82) is 0 Å². The Hall–Kier alpha value is -0.210. The first-order chi connectivity index (χ1) is 4.70. The minimum Gasteiger partial charge on any atom is -0.616 e. The van der Waals surface area contributed by atoms with Crippen LogP contribution in [-0.4, -0.2) is 16.1 Å². The van der Waals surface area contributed by atoms with Crippen LogP contribution >= 0.6 is 0 Å². The zero-order chi connectivity index (χ0) is 7.56. The van der Waals surface area contributed by atoms with Gasteiger partial charge in [0.1, 0.15) is 5.25 Å². The fourth-order valence-corrected chi connectivity index (χ4v) is 1.62. The van der Waals surface area contributed by atoms with Crippen molar-refractivity contribution in [2.45, 2.75) is 18.6 Å². The summed E-state index contributed by atoms with van der Waals surface area (Å²) in [5.41, 5.74) is 1.28. The van der Waals surface area contributed by atoms with E-state index in [9.17, 15) is 4.55 Å². The van der Waals surface area contributed by atoms with E-state index in [4.69, 9.17) is 0 Å². The summed E-state index contributed by atoms with van der Waals surface area (Å²) in [6, 6.07) is 0. The van der Waals surface area contributed by atoms with Gasteiger partial charge in [-0.25, -0.2) is 0 Å². The van der Waals surface area contributed by atoms with Crippen LogP contribution in [0.5, 0.6) is 0 Å². The summed E-state index contributed by atoms with van der Waals surface area (Å²) in [5.74, 6) is 0. The maximum absolute atomic E-state index is 10.9. The third kappa shape index (κ3) is 1.89. The maximum Gasteiger partial charge on any atom is 0.137 e. The summed E-state index contributed by atoms with van der Waals surface area (Å²) < 4.78 is 10.9. The predicted octanol–water partition coefficient (Wildman–Crippen LogP) is 1.64. The highest BCUT2D eigenvalue weighted by atomic mass is 32.2. The second-order valence-corrected chi connectivity index (χ2v) is 4.18. The van der Waals surface area contributed by atoms with Gasteiger partial charge in [0, 0.05) is 6.42 Å². The van der Waals surface area contributed by atoms with Gasteiger partial charge in [0.2, 0.25) is 0 Å². The summed E-state index contributed by atoms with van der Waals surface area (Å²) in [4.78, 5) is 0. The lowest BCUT2D eigenvalue weighted by Gasteiger charge is -2.15. The van der Waals surface area contributed by atoms with Crippen molar-refractivity contribution in [2.75, 3.05) is 6.26 Å². The molecule has 1 aliphatic carbocycles. The molecule has 2 atom stereocenters. The molecule has 0 bridgehead atoms. The Balaban J connectivity index is 2.52. The second-order valence-electron chi connectivity index (χ2n) is 2.58. The van der Waals surface area contributed by atoms with Gasteiger partial charge in [-0.1, -0.05) is 17.7 Å². The Kier molecular flexibility index (Phi) is 2.57. The topological polar surface area (TPSA) is 23.1 Å². The van der Waals surface area contributed by atoms with Gasteiger partial charge in [0.15, 0.2) is 0 Å². The Morgan fingerprint density at radius 1 is 1.70 bits per heavy atom. The molecule has 0 aromatic carbocycles. The van der Waals surface area contributed by atoms with E-state index in [-0.39, 0.29) is 5.25 Å². The van der Waals surface area contributed by atoms with E-state index >= 15 is 0 Å². The fraction of sp³-hybridized carbons (Fsp3) is 0.500. The lowest BCUT2D eigenvalue weighted by atomic mass is 10.1. The second kappa shape index (κ2) is 3.26. The first-order valence-electron chi connectivity index (χ1n) is 3.37. The van der Waals surface area contributed by atoms with Crippen LogP contribution in [-0.2, 0) is 11.2 Å². The first kappa shape index (κ1) is 7.89. The molecule has 0 saturated carbocycles. The molecule has 0 heterocycles. The van der Waals surface area contributed by atoms with Crippen molar-refractivity contribution in [1.82, 2.24) is 0 Å². The van der Waals surface area contributed by atoms with Crippen LogP contribution in [0.3, 0.4) is 0 Å². The molecule has 0 N–H and O–H groups in total. The molecule has 1 nitrogen and oxygen atoms in total. The van der Waals surface area contributed by atoms with Gasteiger partial charge in [0.05, 0.1) is 6.26 Å². The molecular weight excluding hydrogens is 144 g/mol. The van der Waals surface area contributed by atoms with Gasteiger partial charge in [-0.3, -0.25) is 0 Å². The molecule has 0 aliphatic heterocycles. The molecular formula is C8H12OS. The lowest BCUT2D eigenvalue weighted by Crippen LogP contribution is -2.17. The van der Waals surface area contributed by atoms with E-state index in [0.29, 0.717) is 0 Å². The Morgan fingerprint density at radius 3 is 2.80 bits per heavy atom. The van der Waals surface area contributed by atoms with Gasteiger partial charge >= 0.3 is 0 Å². The first-order valence-corrected chi connectivity index (χ1v) is 4.99. The molecule has 56 valence electrons. The summed E-state index contributed by atoms with van der Waals surface area (Å²) in [5, 5.41) is 0.253. The third-order valence-corrected chi connectivity index (χ3v) is 2.87. The SMILES string of the molecule is CC1=CCC([S+](C)[O-])C=C1. The zero-order valence-corrected chi connectivity index (χ0v) is 7.15. The molecule has 1 rings (SSSR count). The molecule has 0 spiro atoms. The molecule has 0 fully saturated rings. The van der Waals surface area contributed by atoms with Gasteiger partial charge in [0.25, 0.3) is 0 Å². The quantitative estimate of drug-likeness (QED) is 0.529. The van der Waals surface area contributed by atoms with Crippen LogP contribution in [0.15, 0.2) is 23.8 Å². The molecule has 2 heteroatoms. The van der Waals surface area contributed by atoms with Crippen molar-refractivity contribution < 1.29 is 4.55 Å². The monoisotopic (exact) mass is 156 g/mol. The molecule has 0 amide bonds. The zero-order valence-electron chi connectivity index (χ0n) is 6.33. The summed E-state index contributed by atoms with van der Waals surface area (Å²) >= 11 is -0.698. The van der Waals surface area contributed by atoms with Crippen molar-refractivity contribution in [3.05, 3.63) is 23.8 Å². The van der Waals surface area contributed by atoms with Crippen LogP contribution in [0.4, 0.5) is 0 Å². The summed E-state index contributed by atoms with van der Waals surface area (Å²) in [7, 11) is 0. The molecule has 1 aliphatic rings. The van der Waals surface area contributed by atoms with Crippen molar-refractivity contribution >= 4 is 11.2 Å². The van der Waals surface area contributed by atoms with Crippen LogP contribution in [0.2, 0.25) is 0 Å². The highest BCUT2D eigenvalue weighted by Crippen LogP contribution is 2.15. The number of rotatable bonds is 1. The molecule has 2 unspecified atom stereocenters. The van der Waals surface area contributed by atoms with E-state index in [1.165, 1.54) is 5.57 Å². The summed E-state index contributed by atoms with van der Waals surface area (Å²) in [6.07, 6.45) is 8.89. The molecule has 10 heavy (non-hydrogen) atoms.